The molecule has 0 fully saturated rings. The Morgan fingerprint density at radius 1 is 0.875 bits per heavy atom. The predicted octanol–water partition coefficient (Wildman–Crippen LogP) is 4.28. The first-order valence-corrected chi connectivity index (χ1v) is 7.57. The second-order valence-corrected chi connectivity index (χ2v) is 5.24. The highest BCUT2D eigenvalue weighted by Crippen LogP contribution is 2.27. The van der Waals surface area contributed by atoms with Crippen LogP contribution in [-0.4, -0.2) is 18.1 Å². The van der Waals surface area contributed by atoms with Gasteiger partial charge in [0.1, 0.15) is 0 Å². The molecule has 0 saturated carbocycles. The summed E-state index contributed by atoms with van der Waals surface area (Å²) in [5.41, 5.74) is 2.88. The average molecular weight is 319 g/mol. The van der Waals surface area contributed by atoms with Crippen molar-refractivity contribution < 1.29 is 14.3 Å². The van der Waals surface area contributed by atoms with E-state index in [1.54, 1.807) is 31.2 Å². The first-order valence-electron chi connectivity index (χ1n) is 7.57. The Balaban J connectivity index is 1.86. The summed E-state index contributed by atoms with van der Waals surface area (Å²) in [5, 5.41) is 0. The van der Waals surface area contributed by atoms with Crippen LogP contribution >= 0.6 is 0 Å². The molecule has 3 aromatic rings. The van der Waals surface area contributed by atoms with E-state index in [1.165, 1.54) is 7.11 Å². The molecule has 1 aromatic heterocycles. The van der Waals surface area contributed by atoms with E-state index in [1.807, 2.05) is 42.5 Å². The second-order valence-electron chi connectivity index (χ2n) is 5.24. The van der Waals surface area contributed by atoms with Gasteiger partial charge in [-0.2, -0.15) is 0 Å². The van der Waals surface area contributed by atoms with Crippen molar-refractivity contribution in [2.24, 2.45) is 0 Å². The monoisotopic (exact) mass is 319 g/mol. The van der Waals surface area contributed by atoms with Gasteiger partial charge in [-0.3, -0.25) is 4.98 Å². The van der Waals surface area contributed by atoms with Crippen LogP contribution in [0.15, 0.2) is 66.7 Å². The third-order valence-electron chi connectivity index (χ3n) is 3.65. The molecule has 1 heterocycles. The molecule has 0 radical (unpaired) electrons. The number of rotatable bonds is 4. The molecule has 0 unspecified atom stereocenters. The van der Waals surface area contributed by atoms with Crippen LogP contribution in [0, 0.1) is 6.92 Å². The Morgan fingerprint density at radius 3 is 2.21 bits per heavy atom. The number of hydrogen-bond acceptors (Lipinski definition) is 4. The van der Waals surface area contributed by atoms with Gasteiger partial charge in [0.15, 0.2) is 11.5 Å². The average Bonchev–Trinajstić information content (AvgIpc) is 2.62. The van der Waals surface area contributed by atoms with E-state index < -0.39 is 5.97 Å². The van der Waals surface area contributed by atoms with Crippen LogP contribution in [0.1, 0.15) is 16.1 Å². The fourth-order valence-corrected chi connectivity index (χ4v) is 2.40. The lowest BCUT2D eigenvalue weighted by atomic mass is 10.1. The molecule has 3 rings (SSSR count). The van der Waals surface area contributed by atoms with E-state index in [0.717, 1.165) is 11.3 Å². The molecule has 120 valence electrons. The SMILES string of the molecule is COc1ccccc1OC(=O)c1ccc(-c2ccccc2)nc1C. The van der Waals surface area contributed by atoms with E-state index in [4.69, 9.17) is 9.47 Å². The molecule has 0 aliphatic carbocycles. The van der Waals surface area contributed by atoms with Crippen LogP contribution in [0.4, 0.5) is 0 Å². The Morgan fingerprint density at radius 2 is 1.54 bits per heavy atom. The summed E-state index contributed by atoms with van der Waals surface area (Å²) in [6.45, 7) is 1.80. The number of para-hydroxylation sites is 2. The molecule has 0 atom stereocenters. The van der Waals surface area contributed by atoms with Crippen molar-refractivity contribution in [2.45, 2.75) is 6.92 Å². The fraction of sp³-hybridized carbons (Fsp3) is 0.100. The van der Waals surface area contributed by atoms with E-state index in [2.05, 4.69) is 4.98 Å². The summed E-state index contributed by atoms with van der Waals surface area (Å²) in [4.78, 5) is 16.9. The lowest BCUT2D eigenvalue weighted by Crippen LogP contribution is -2.12. The van der Waals surface area contributed by atoms with Gasteiger partial charge in [0.25, 0.3) is 0 Å². The van der Waals surface area contributed by atoms with Crippen LogP contribution in [0.2, 0.25) is 0 Å². The molecule has 0 amide bonds. The fourth-order valence-electron chi connectivity index (χ4n) is 2.40. The molecule has 2 aromatic carbocycles. The van der Waals surface area contributed by atoms with Crippen LogP contribution in [0.3, 0.4) is 0 Å². The van der Waals surface area contributed by atoms with E-state index in [-0.39, 0.29) is 0 Å². The predicted molar refractivity (Wildman–Crippen MR) is 92.4 cm³/mol. The number of hydrogen-bond donors (Lipinski definition) is 0. The number of aryl methyl sites for hydroxylation is 1. The van der Waals surface area contributed by atoms with Gasteiger partial charge in [0, 0.05) is 5.56 Å². The highest BCUT2D eigenvalue weighted by atomic mass is 16.6. The normalized spacial score (nSPS) is 10.2. The standard InChI is InChI=1S/C20H17NO3/c1-14-16(12-13-17(21-14)15-8-4-3-5-9-15)20(22)24-19-11-7-6-10-18(19)23-2/h3-13H,1-2H3. The summed E-state index contributed by atoms with van der Waals surface area (Å²) in [7, 11) is 1.54. The highest BCUT2D eigenvalue weighted by Gasteiger charge is 2.15. The smallest absolute Gasteiger partial charge is 0.345 e. The van der Waals surface area contributed by atoms with E-state index in [0.29, 0.717) is 22.8 Å². The molecule has 0 aliphatic heterocycles. The molecule has 4 heteroatoms. The molecule has 0 N–H and O–H groups in total. The Labute approximate surface area is 140 Å². The number of aromatic nitrogens is 1. The van der Waals surface area contributed by atoms with Gasteiger partial charge in [-0.15, -0.1) is 0 Å². The quantitative estimate of drug-likeness (QED) is 0.532. The number of ether oxygens (including phenoxy) is 2. The highest BCUT2D eigenvalue weighted by molar-refractivity contribution is 5.92. The van der Waals surface area contributed by atoms with E-state index >= 15 is 0 Å². The molecular weight excluding hydrogens is 302 g/mol. The Bertz CT molecular complexity index is 860. The third-order valence-corrected chi connectivity index (χ3v) is 3.65. The Hall–Kier alpha value is -3.14. The first-order chi connectivity index (χ1) is 11.7. The lowest BCUT2D eigenvalue weighted by Gasteiger charge is -2.10. The number of carbonyl (C=O) groups excluding carboxylic acids is 1. The van der Waals surface area contributed by atoms with Crippen molar-refractivity contribution in [3.8, 4) is 22.8 Å². The third kappa shape index (κ3) is 3.27. The maximum atomic E-state index is 12.4. The van der Waals surface area contributed by atoms with Crippen molar-refractivity contribution >= 4 is 5.97 Å². The zero-order chi connectivity index (χ0) is 16.9. The maximum absolute atomic E-state index is 12.4. The maximum Gasteiger partial charge on any atom is 0.345 e. The number of benzene rings is 2. The molecular formula is C20H17NO3. The number of pyridine rings is 1. The lowest BCUT2D eigenvalue weighted by molar-refractivity contribution is 0.0728. The molecule has 0 saturated heterocycles. The van der Waals surface area contributed by atoms with Crippen LogP contribution in [0.5, 0.6) is 11.5 Å². The van der Waals surface area contributed by atoms with Crippen molar-refractivity contribution in [3.05, 3.63) is 78.0 Å². The van der Waals surface area contributed by atoms with Crippen LogP contribution < -0.4 is 9.47 Å². The number of esters is 1. The van der Waals surface area contributed by atoms with Crippen LogP contribution in [0.25, 0.3) is 11.3 Å². The minimum absolute atomic E-state index is 0.386. The molecule has 0 bridgehead atoms. The van der Waals surface area contributed by atoms with E-state index in [9.17, 15) is 4.79 Å². The minimum Gasteiger partial charge on any atom is -0.493 e. The summed E-state index contributed by atoms with van der Waals surface area (Å²) in [6.07, 6.45) is 0. The van der Waals surface area contributed by atoms with Gasteiger partial charge in [-0.25, -0.2) is 4.79 Å². The summed E-state index contributed by atoms with van der Waals surface area (Å²) < 4.78 is 10.6. The molecule has 0 spiro atoms. The minimum atomic E-state index is -0.455. The summed E-state index contributed by atoms with van der Waals surface area (Å²) in [6, 6.07) is 20.4. The van der Waals surface area contributed by atoms with Gasteiger partial charge in [0.2, 0.25) is 0 Å². The number of methoxy groups -OCH3 is 1. The van der Waals surface area contributed by atoms with Gasteiger partial charge in [-0.1, -0.05) is 42.5 Å². The zero-order valence-corrected chi connectivity index (χ0v) is 13.5. The number of nitrogens with zero attached hydrogens (tertiary/aromatic N) is 1. The van der Waals surface area contributed by atoms with Crippen LogP contribution in [-0.2, 0) is 0 Å². The second kappa shape index (κ2) is 6.96. The molecule has 24 heavy (non-hydrogen) atoms. The van der Waals surface area contributed by atoms with Gasteiger partial charge in [-0.05, 0) is 31.2 Å². The molecule has 0 aliphatic rings. The topological polar surface area (TPSA) is 48.4 Å². The van der Waals surface area contributed by atoms with Crippen molar-refractivity contribution in [1.29, 1.82) is 0 Å². The van der Waals surface area contributed by atoms with Gasteiger partial charge < -0.3 is 9.47 Å². The van der Waals surface area contributed by atoms with Crippen molar-refractivity contribution in [3.63, 3.8) is 0 Å². The van der Waals surface area contributed by atoms with Crippen molar-refractivity contribution in [2.75, 3.05) is 7.11 Å². The zero-order valence-electron chi connectivity index (χ0n) is 13.5. The number of carbonyl (C=O) groups is 1. The van der Waals surface area contributed by atoms with Gasteiger partial charge in [0.05, 0.1) is 24.1 Å². The first kappa shape index (κ1) is 15.7. The largest absolute Gasteiger partial charge is 0.493 e. The Kier molecular flexibility index (Phi) is 4.57. The summed E-state index contributed by atoms with van der Waals surface area (Å²) >= 11 is 0. The summed E-state index contributed by atoms with van der Waals surface area (Å²) in [5.74, 6) is 0.443. The van der Waals surface area contributed by atoms with Gasteiger partial charge >= 0.3 is 5.97 Å². The van der Waals surface area contributed by atoms with Crippen molar-refractivity contribution in [1.82, 2.24) is 4.98 Å². The molecule has 4 nitrogen and oxygen atoms in total.